The lowest BCUT2D eigenvalue weighted by molar-refractivity contribution is 0.102. The molecule has 216 valence electrons. The van der Waals surface area contributed by atoms with Crippen LogP contribution in [-0.4, -0.2) is 50.3 Å². The number of imidazole rings is 1. The molecule has 5 N–H and O–H groups in total. The van der Waals surface area contributed by atoms with E-state index in [1.54, 1.807) is 24.7 Å². The molecule has 3 heterocycles. The van der Waals surface area contributed by atoms with Gasteiger partial charge in [-0.15, -0.1) is 0 Å². The third-order valence-electron chi connectivity index (χ3n) is 5.81. The van der Waals surface area contributed by atoms with Gasteiger partial charge in [0.1, 0.15) is 28.1 Å². The summed E-state index contributed by atoms with van der Waals surface area (Å²) in [7, 11) is 1.45. The lowest BCUT2D eigenvalue weighted by atomic mass is 10.1. The third kappa shape index (κ3) is 6.49. The second-order valence-electron chi connectivity index (χ2n) is 8.69. The highest BCUT2D eigenvalue weighted by molar-refractivity contribution is 7.19. The van der Waals surface area contributed by atoms with E-state index in [1.807, 2.05) is 10.8 Å². The number of rotatable bonds is 10. The number of anilines is 3. The molecule has 0 saturated heterocycles. The largest absolute Gasteiger partial charge is 0.497 e. The number of nitrogen functional groups attached to an aromatic ring is 1. The van der Waals surface area contributed by atoms with Gasteiger partial charge in [-0.25, -0.2) is 23.5 Å². The Morgan fingerprint density at radius 1 is 1.14 bits per heavy atom. The molecule has 0 spiro atoms. The summed E-state index contributed by atoms with van der Waals surface area (Å²) in [4.78, 5) is 37.4. The number of carbonyl (C=O) groups excluding carboxylic acids is 2. The molecule has 5 aromatic rings. The average molecular weight is 596 g/mol. The van der Waals surface area contributed by atoms with Crippen molar-refractivity contribution < 1.29 is 27.6 Å². The van der Waals surface area contributed by atoms with E-state index in [4.69, 9.17) is 15.0 Å². The van der Waals surface area contributed by atoms with Gasteiger partial charge in [0.2, 0.25) is 5.82 Å². The summed E-state index contributed by atoms with van der Waals surface area (Å²) in [5.74, 6) is -2.51. The Hall–Kier alpha value is -5.38. The molecule has 0 fully saturated rings. The Balaban J connectivity index is 1.26. The molecular formula is C26H23F2N9O4S. The molecule has 0 saturated carbocycles. The number of ether oxygens (including phenoxy) is 1. The summed E-state index contributed by atoms with van der Waals surface area (Å²) >= 11 is 0.968. The first-order chi connectivity index (χ1) is 20.3. The second kappa shape index (κ2) is 12.4. The lowest BCUT2D eigenvalue weighted by Crippen LogP contribution is -2.29. The highest BCUT2D eigenvalue weighted by Gasteiger charge is 2.22. The fourth-order valence-corrected chi connectivity index (χ4v) is 4.56. The molecule has 0 atom stereocenters. The number of hydrogen-bond donors (Lipinski definition) is 4. The van der Waals surface area contributed by atoms with Crippen molar-refractivity contribution in [1.82, 2.24) is 30.0 Å². The number of thiazole rings is 1. The summed E-state index contributed by atoms with van der Waals surface area (Å²) in [5, 5.41) is 11.7. The highest BCUT2D eigenvalue weighted by Crippen LogP contribution is 2.35. The van der Waals surface area contributed by atoms with E-state index in [0.29, 0.717) is 31.3 Å². The number of methoxy groups -OCH3 is 1. The Kier molecular flexibility index (Phi) is 8.33. The SMILES string of the molecule is COc1cccc(C(=O)Nc2cc(-c3noc(-c4sc(NC(=O)NCCCn5ccnc5)nc4N)n3)c(F)cc2F)c1. The summed E-state index contributed by atoms with van der Waals surface area (Å²) in [6.07, 6.45) is 5.88. The number of benzene rings is 2. The predicted octanol–water partition coefficient (Wildman–Crippen LogP) is 4.39. The van der Waals surface area contributed by atoms with E-state index in [9.17, 15) is 18.4 Å². The second-order valence-corrected chi connectivity index (χ2v) is 9.69. The van der Waals surface area contributed by atoms with Gasteiger partial charge in [0, 0.05) is 37.1 Å². The Bertz CT molecular complexity index is 1720. The van der Waals surface area contributed by atoms with Gasteiger partial charge in [0.15, 0.2) is 5.13 Å². The first kappa shape index (κ1) is 28.2. The molecule has 2 aromatic carbocycles. The number of carbonyl (C=O) groups is 2. The van der Waals surface area contributed by atoms with Crippen molar-refractivity contribution in [2.24, 2.45) is 0 Å². The Morgan fingerprint density at radius 3 is 2.79 bits per heavy atom. The van der Waals surface area contributed by atoms with Crippen molar-refractivity contribution in [3.63, 3.8) is 0 Å². The van der Waals surface area contributed by atoms with Crippen LogP contribution in [0.1, 0.15) is 16.8 Å². The monoisotopic (exact) mass is 595 g/mol. The Labute approximate surface area is 240 Å². The number of halogens is 2. The molecule has 0 aliphatic carbocycles. The van der Waals surface area contributed by atoms with Crippen molar-refractivity contribution in [1.29, 1.82) is 0 Å². The quantitative estimate of drug-likeness (QED) is 0.171. The van der Waals surface area contributed by atoms with Crippen LogP contribution in [0.3, 0.4) is 0 Å². The molecule has 0 radical (unpaired) electrons. The number of nitrogens with one attached hydrogen (secondary N) is 3. The maximum Gasteiger partial charge on any atom is 0.321 e. The minimum absolute atomic E-state index is 0.00331. The predicted molar refractivity (Wildman–Crippen MR) is 150 cm³/mol. The van der Waals surface area contributed by atoms with E-state index >= 15 is 0 Å². The van der Waals surface area contributed by atoms with Gasteiger partial charge in [-0.05, 0) is 30.7 Å². The fourth-order valence-electron chi connectivity index (χ4n) is 3.76. The molecule has 5 rings (SSSR count). The number of nitrogens with zero attached hydrogens (tertiary/aromatic N) is 5. The summed E-state index contributed by atoms with van der Waals surface area (Å²) in [6.45, 7) is 1.11. The fraction of sp³-hybridized carbons (Fsp3) is 0.154. The highest BCUT2D eigenvalue weighted by atomic mass is 32.1. The molecular weight excluding hydrogens is 572 g/mol. The first-order valence-corrected chi connectivity index (χ1v) is 13.2. The van der Waals surface area contributed by atoms with Gasteiger partial charge in [0.05, 0.1) is 24.7 Å². The zero-order valence-electron chi connectivity index (χ0n) is 21.9. The van der Waals surface area contributed by atoms with E-state index < -0.39 is 23.6 Å². The van der Waals surface area contributed by atoms with Crippen molar-refractivity contribution in [3.8, 4) is 27.9 Å². The van der Waals surface area contributed by atoms with Crippen molar-refractivity contribution >= 4 is 39.9 Å². The standard InChI is InChI=1S/C26H23F2N9O4S/c1-40-15-5-2-4-14(10-15)23(38)32-19-11-16(17(27)12-18(19)28)22-34-24(41-36-22)20-21(29)33-26(42-20)35-25(39)31-6-3-8-37-9-7-30-13-37/h2,4-5,7,9-13H,3,6,8,29H2,1H3,(H,32,38)(H2,31,33,35,39). The lowest BCUT2D eigenvalue weighted by Gasteiger charge is -2.09. The van der Waals surface area contributed by atoms with Crippen LogP contribution in [0.5, 0.6) is 5.75 Å². The van der Waals surface area contributed by atoms with Crippen molar-refractivity contribution in [2.45, 2.75) is 13.0 Å². The average Bonchev–Trinajstić information content (AvgIpc) is 3.74. The molecule has 0 bridgehead atoms. The summed E-state index contributed by atoms with van der Waals surface area (Å²) in [6, 6.07) is 7.41. The smallest absolute Gasteiger partial charge is 0.321 e. The van der Waals surface area contributed by atoms with E-state index in [1.165, 1.54) is 19.2 Å². The molecule has 13 nitrogen and oxygen atoms in total. The molecule has 0 aliphatic rings. The number of hydrogen-bond acceptors (Lipinski definition) is 10. The van der Waals surface area contributed by atoms with E-state index in [-0.39, 0.29) is 44.4 Å². The van der Waals surface area contributed by atoms with Gasteiger partial charge in [0.25, 0.3) is 11.8 Å². The Morgan fingerprint density at radius 2 is 2.00 bits per heavy atom. The van der Waals surface area contributed by atoms with Crippen LogP contribution in [0.2, 0.25) is 0 Å². The van der Waals surface area contributed by atoms with Crippen LogP contribution in [0, 0.1) is 11.6 Å². The summed E-state index contributed by atoms with van der Waals surface area (Å²) in [5.41, 5.74) is 5.66. The number of nitrogens with two attached hydrogens (primary N) is 1. The van der Waals surface area contributed by atoms with Crippen molar-refractivity contribution in [3.05, 3.63) is 72.3 Å². The molecule has 16 heteroatoms. The zero-order chi connectivity index (χ0) is 29.6. The zero-order valence-corrected chi connectivity index (χ0v) is 22.7. The van der Waals surface area contributed by atoms with Crippen LogP contribution in [0.25, 0.3) is 22.2 Å². The molecule has 0 aliphatic heterocycles. The van der Waals surface area contributed by atoms with Gasteiger partial charge in [-0.2, -0.15) is 4.98 Å². The maximum atomic E-state index is 14.7. The van der Waals surface area contributed by atoms with Crippen LogP contribution < -0.4 is 26.4 Å². The van der Waals surface area contributed by atoms with Crippen LogP contribution in [-0.2, 0) is 6.54 Å². The minimum atomic E-state index is -1.00. The number of amides is 3. The normalized spacial score (nSPS) is 10.8. The van der Waals surface area contributed by atoms with Crippen LogP contribution in [0.15, 0.2) is 59.6 Å². The van der Waals surface area contributed by atoms with Gasteiger partial charge in [-0.3, -0.25) is 10.1 Å². The number of aryl methyl sites for hydroxylation is 1. The number of aromatic nitrogens is 5. The molecule has 0 unspecified atom stereocenters. The van der Waals surface area contributed by atoms with Crippen LogP contribution in [0.4, 0.5) is 30.2 Å². The molecule has 3 amide bonds. The molecule has 42 heavy (non-hydrogen) atoms. The molecule has 3 aromatic heterocycles. The first-order valence-electron chi connectivity index (χ1n) is 12.4. The van der Waals surface area contributed by atoms with Gasteiger partial charge < -0.3 is 30.2 Å². The van der Waals surface area contributed by atoms with Crippen molar-refractivity contribution in [2.75, 3.05) is 30.0 Å². The minimum Gasteiger partial charge on any atom is -0.497 e. The van der Waals surface area contributed by atoms with Gasteiger partial charge in [-0.1, -0.05) is 22.6 Å². The van der Waals surface area contributed by atoms with Gasteiger partial charge >= 0.3 is 6.03 Å². The van der Waals surface area contributed by atoms with E-state index in [2.05, 4.69) is 36.1 Å². The summed E-state index contributed by atoms with van der Waals surface area (Å²) < 4.78 is 41.5. The van der Waals surface area contributed by atoms with E-state index in [0.717, 1.165) is 17.4 Å². The van der Waals surface area contributed by atoms with Crippen LogP contribution >= 0.6 is 11.3 Å². The topological polar surface area (TPSA) is 175 Å². The third-order valence-corrected chi connectivity index (χ3v) is 6.78. The number of urea groups is 1. The maximum absolute atomic E-state index is 14.7.